The summed E-state index contributed by atoms with van der Waals surface area (Å²) in [4.78, 5) is 6.56. The maximum Gasteiger partial charge on any atom is 0.119 e. The highest BCUT2D eigenvalue weighted by molar-refractivity contribution is 5.87. The predicted molar refractivity (Wildman–Crippen MR) is 101 cm³/mol. The number of nitrogens with zero attached hydrogens (tertiary/aromatic N) is 3. The van der Waals surface area contributed by atoms with Gasteiger partial charge in [0, 0.05) is 54.5 Å². The first kappa shape index (κ1) is 16.2. The van der Waals surface area contributed by atoms with Gasteiger partial charge < -0.3 is 9.30 Å². The van der Waals surface area contributed by atoms with Crippen molar-refractivity contribution in [3.8, 4) is 5.75 Å². The van der Waals surface area contributed by atoms with Crippen LogP contribution in [0.3, 0.4) is 0 Å². The first-order valence-electron chi connectivity index (χ1n) is 8.94. The third kappa shape index (κ3) is 2.91. The van der Waals surface area contributed by atoms with Crippen LogP contribution in [0.25, 0.3) is 10.9 Å². The lowest BCUT2D eigenvalue weighted by molar-refractivity contribution is 0.228. The van der Waals surface area contributed by atoms with Gasteiger partial charge in [0.1, 0.15) is 5.75 Å². The molecule has 1 aromatic carbocycles. The molecule has 2 aromatic heterocycles. The van der Waals surface area contributed by atoms with Gasteiger partial charge in [-0.3, -0.25) is 9.88 Å². The number of fused-ring (bicyclic) bond motifs is 3. The predicted octanol–water partition coefficient (Wildman–Crippen LogP) is 3.66. The third-order valence-corrected chi connectivity index (χ3v) is 5.52. The van der Waals surface area contributed by atoms with E-state index in [1.165, 1.54) is 27.7 Å². The molecule has 4 rings (SSSR count). The Morgan fingerprint density at radius 1 is 1.20 bits per heavy atom. The Kier molecular flexibility index (Phi) is 4.22. The molecule has 0 amide bonds. The zero-order valence-corrected chi connectivity index (χ0v) is 15.2. The minimum Gasteiger partial charge on any atom is -0.497 e. The average Bonchev–Trinajstić information content (AvgIpc) is 2.93. The fourth-order valence-corrected chi connectivity index (χ4v) is 3.88. The van der Waals surface area contributed by atoms with E-state index >= 15 is 0 Å². The second kappa shape index (κ2) is 6.52. The number of aromatic nitrogens is 2. The van der Waals surface area contributed by atoms with Crippen LogP contribution in [0.2, 0.25) is 0 Å². The molecular weight excluding hydrogens is 310 g/mol. The smallest absolute Gasteiger partial charge is 0.119 e. The Hall–Kier alpha value is -2.33. The fourth-order valence-electron chi connectivity index (χ4n) is 3.88. The first-order chi connectivity index (χ1) is 12.2. The normalized spacial score (nSPS) is 17.6. The van der Waals surface area contributed by atoms with E-state index in [0.717, 1.165) is 31.7 Å². The zero-order valence-electron chi connectivity index (χ0n) is 15.2. The highest BCUT2D eigenvalue weighted by Gasteiger charge is 2.26. The number of hydrogen-bond acceptors (Lipinski definition) is 3. The molecule has 4 heteroatoms. The van der Waals surface area contributed by atoms with Crippen molar-refractivity contribution >= 4 is 10.9 Å². The number of likely N-dealkylation sites (N-methyl/N-ethyl adjacent to an activating group) is 1. The highest BCUT2D eigenvalue weighted by atomic mass is 16.5. The summed E-state index contributed by atoms with van der Waals surface area (Å²) in [5.74, 6) is 0.933. The van der Waals surface area contributed by atoms with Crippen LogP contribution in [0.4, 0.5) is 0 Å². The number of aryl methyl sites for hydroxylation is 2. The highest BCUT2D eigenvalue weighted by Crippen LogP contribution is 2.34. The molecule has 0 spiro atoms. The third-order valence-electron chi connectivity index (χ3n) is 5.52. The van der Waals surface area contributed by atoms with E-state index in [9.17, 15) is 0 Å². The minimum atomic E-state index is 0.568. The fraction of sp³-hybridized carbons (Fsp3) is 0.381. The SMILES string of the molecule is COc1ccc2c(c1)c1c(n2CCc2ccncc2)CC(C)N(C)C1. The summed E-state index contributed by atoms with van der Waals surface area (Å²) in [6, 6.07) is 11.3. The van der Waals surface area contributed by atoms with Gasteiger partial charge in [-0.05, 0) is 61.9 Å². The van der Waals surface area contributed by atoms with Gasteiger partial charge in [0.2, 0.25) is 0 Å². The number of ether oxygens (including phenoxy) is 1. The van der Waals surface area contributed by atoms with E-state index in [1.807, 2.05) is 12.4 Å². The van der Waals surface area contributed by atoms with Crippen LogP contribution in [0, 0.1) is 0 Å². The van der Waals surface area contributed by atoms with Crippen molar-refractivity contribution in [3.63, 3.8) is 0 Å². The molecule has 1 aliphatic rings. The number of benzene rings is 1. The molecule has 130 valence electrons. The summed E-state index contributed by atoms with van der Waals surface area (Å²) in [6.07, 6.45) is 5.87. The Bertz CT molecular complexity index is 885. The summed E-state index contributed by atoms with van der Waals surface area (Å²) in [7, 11) is 3.95. The molecule has 1 atom stereocenters. The molecule has 1 aliphatic heterocycles. The monoisotopic (exact) mass is 335 g/mol. The van der Waals surface area contributed by atoms with Crippen molar-refractivity contribution in [3.05, 3.63) is 59.5 Å². The van der Waals surface area contributed by atoms with Gasteiger partial charge in [-0.25, -0.2) is 0 Å². The Morgan fingerprint density at radius 3 is 2.76 bits per heavy atom. The van der Waals surface area contributed by atoms with Gasteiger partial charge in [-0.2, -0.15) is 0 Å². The van der Waals surface area contributed by atoms with Crippen molar-refractivity contribution in [2.75, 3.05) is 14.2 Å². The number of pyridine rings is 1. The van der Waals surface area contributed by atoms with Crippen molar-refractivity contribution in [2.24, 2.45) is 0 Å². The molecule has 0 saturated heterocycles. The summed E-state index contributed by atoms with van der Waals surface area (Å²) in [5, 5.41) is 1.34. The van der Waals surface area contributed by atoms with Gasteiger partial charge >= 0.3 is 0 Å². The van der Waals surface area contributed by atoms with Gasteiger partial charge in [0.15, 0.2) is 0 Å². The summed E-state index contributed by atoms with van der Waals surface area (Å²) in [5.41, 5.74) is 5.61. The topological polar surface area (TPSA) is 30.3 Å². The lowest BCUT2D eigenvalue weighted by atomic mass is 10.00. The van der Waals surface area contributed by atoms with Gasteiger partial charge in [0.05, 0.1) is 7.11 Å². The molecule has 25 heavy (non-hydrogen) atoms. The summed E-state index contributed by atoms with van der Waals surface area (Å²) in [6.45, 7) is 4.31. The van der Waals surface area contributed by atoms with Crippen LogP contribution < -0.4 is 4.74 Å². The quantitative estimate of drug-likeness (QED) is 0.729. The van der Waals surface area contributed by atoms with E-state index in [0.29, 0.717) is 6.04 Å². The molecule has 0 saturated carbocycles. The molecule has 3 aromatic rings. The molecule has 0 N–H and O–H groups in total. The summed E-state index contributed by atoms with van der Waals surface area (Å²) >= 11 is 0. The molecule has 4 nitrogen and oxygen atoms in total. The van der Waals surface area contributed by atoms with E-state index in [1.54, 1.807) is 7.11 Å². The maximum absolute atomic E-state index is 5.47. The second-order valence-corrected chi connectivity index (χ2v) is 7.03. The molecule has 0 bridgehead atoms. The largest absolute Gasteiger partial charge is 0.497 e. The minimum absolute atomic E-state index is 0.568. The number of rotatable bonds is 4. The van der Waals surface area contributed by atoms with Crippen LogP contribution in [0.15, 0.2) is 42.7 Å². The zero-order chi connectivity index (χ0) is 17.4. The summed E-state index contributed by atoms with van der Waals surface area (Å²) < 4.78 is 7.99. The Morgan fingerprint density at radius 2 is 2.00 bits per heavy atom. The molecule has 0 radical (unpaired) electrons. The molecule has 0 aliphatic carbocycles. The Balaban J connectivity index is 1.78. The maximum atomic E-state index is 5.47. The van der Waals surface area contributed by atoms with Crippen molar-refractivity contribution in [1.82, 2.24) is 14.5 Å². The van der Waals surface area contributed by atoms with Crippen LogP contribution >= 0.6 is 0 Å². The lowest BCUT2D eigenvalue weighted by Crippen LogP contribution is -2.35. The first-order valence-corrected chi connectivity index (χ1v) is 8.94. The molecule has 3 heterocycles. The van der Waals surface area contributed by atoms with Crippen LogP contribution in [0.1, 0.15) is 23.7 Å². The standard InChI is InChI=1S/C21H25N3O/c1-15-12-21-19(14-23(15)2)18-13-17(25-3)4-5-20(18)24(21)11-8-16-6-9-22-10-7-16/h4-7,9-10,13,15H,8,11-12,14H2,1-3H3. The van der Waals surface area contributed by atoms with E-state index in [2.05, 4.69) is 58.8 Å². The van der Waals surface area contributed by atoms with Crippen LogP contribution in [-0.4, -0.2) is 34.7 Å². The lowest BCUT2D eigenvalue weighted by Gasteiger charge is -2.31. The van der Waals surface area contributed by atoms with Crippen molar-refractivity contribution in [2.45, 2.75) is 38.9 Å². The van der Waals surface area contributed by atoms with Crippen LogP contribution in [0.5, 0.6) is 5.75 Å². The van der Waals surface area contributed by atoms with Crippen molar-refractivity contribution in [1.29, 1.82) is 0 Å². The van der Waals surface area contributed by atoms with E-state index in [4.69, 9.17) is 4.74 Å². The number of methoxy groups -OCH3 is 1. The number of hydrogen-bond donors (Lipinski definition) is 0. The van der Waals surface area contributed by atoms with Crippen molar-refractivity contribution < 1.29 is 4.74 Å². The van der Waals surface area contributed by atoms with Crippen LogP contribution in [-0.2, 0) is 25.9 Å². The van der Waals surface area contributed by atoms with E-state index in [-0.39, 0.29) is 0 Å². The van der Waals surface area contributed by atoms with Gasteiger partial charge in [-0.15, -0.1) is 0 Å². The van der Waals surface area contributed by atoms with Gasteiger partial charge in [-0.1, -0.05) is 0 Å². The average molecular weight is 335 g/mol. The van der Waals surface area contributed by atoms with E-state index < -0.39 is 0 Å². The second-order valence-electron chi connectivity index (χ2n) is 7.03. The molecular formula is C21H25N3O. The molecule has 1 unspecified atom stereocenters. The molecule has 0 fully saturated rings. The van der Waals surface area contributed by atoms with Gasteiger partial charge in [0.25, 0.3) is 0 Å². The Labute approximate surface area is 149 Å².